The Kier molecular flexibility index (Phi) is 5.39. The van der Waals surface area contributed by atoms with Gasteiger partial charge in [-0.25, -0.2) is 4.79 Å². The first kappa shape index (κ1) is 17.0. The molecule has 2 rings (SSSR count). The highest BCUT2D eigenvalue weighted by molar-refractivity contribution is 5.89. The van der Waals surface area contributed by atoms with Crippen molar-refractivity contribution in [1.82, 2.24) is 10.3 Å². The van der Waals surface area contributed by atoms with Gasteiger partial charge >= 0.3 is 5.97 Å². The van der Waals surface area contributed by atoms with Gasteiger partial charge in [-0.15, -0.1) is 0 Å². The quantitative estimate of drug-likeness (QED) is 0.701. The number of aromatic amines is 1. The predicted octanol–water partition coefficient (Wildman–Crippen LogP) is 1.35. The monoisotopic (exact) mass is 317 g/mol. The van der Waals surface area contributed by atoms with Gasteiger partial charge in [-0.2, -0.15) is 0 Å². The number of fused-ring (bicyclic) bond motifs is 1. The van der Waals surface area contributed by atoms with Crippen LogP contribution in [0.1, 0.15) is 19.4 Å². The number of ether oxygens (including phenoxy) is 1. The van der Waals surface area contributed by atoms with E-state index in [1.807, 2.05) is 44.3 Å². The van der Waals surface area contributed by atoms with Crippen molar-refractivity contribution in [3.05, 3.63) is 36.0 Å². The molecule has 1 heterocycles. The third-order valence-corrected chi connectivity index (χ3v) is 3.87. The Balaban J connectivity index is 2.06. The van der Waals surface area contributed by atoms with Crippen LogP contribution in [-0.2, 0) is 20.7 Å². The molecule has 23 heavy (non-hydrogen) atoms. The minimum absolute atomic E-state index is 0.0771. The van der Waals surface area contributed by atoms with Crippen molar-refractivity contribution >= 4 is 22.8 Å². The van der Waals surface area contributed by atoms with Gasteiger partial charge in [0, 0.05) is 17.1 Å². The molecule has 0 unspecified atom stereocenters. The summed E-state index contributed by atoms with van der Waals surface area (Å²) in [6, 6.07) is 6.41. The van der Waals surface area contributed by atoms with Crippen molar-refractivity contribution in [2.75, 3.05) is 7.11 Å². The fourth-order valence-electron chi connectivity index (χ4n) is 2.52. The van der Waals surface area contributed by atoms with Crippen molar-refractivity contribution in [2.45, 2.75) is 32.4 Å². The summed E-state index contributed by atoms with van der Waals surface area (Å²) in [4.78, 5) is 27.2. The van der Waals surface area contributed by atoms with Crippen molar-refractivity contribution in [3.8, 4) is 0 Å². The van der Waals surface area contributed by atoms with Crippen LogP contribution < -0.4 is 11.1 Å². The normalized spacial score (nSPS) is 13.8. The maximum absolute atomic E-state index is 12.3. The van der Waals surface area contributed by atoms with Crippen LogP contribution in [0.4, 0.5) is 0 Å². The Morgan fingerprint density at radius 3 is 2.65 bits per heavy atom. The lowest BCUT2D eigenvalue weighted by Gasteiger charge is -2.21. The van der Waals surface area contributed by atoms with Crippen LogP contribution in [0.2, 0.25) is 0 Å². The smallest absolute Gasteiger partial charge is 0.328 e. The highest BCUT2D eigenvalue weighted by Gasteiger charge is 2.27. The fraction of sp³-hybridized carbons (Fsp3) is 0.412. The van der Waals surface area contributed by atoms with Gasteiger partial charge in [0.25, 0.3) is 0 Å². The third-order valence-electron chi connectivity index (χ3n) is 3.87. The second-order valence-corrected chi connectivity index (χ2v) is 5.92. The summed E-state index contributed by atoms with van der Waals surface area (Å²) in [5, 5.41) is 3.72. The molecule has 124 valence electrons. The second kappa shape index (κ2) is 7.28. The zero-order valence-corrected chi connectivity index (χ0v) is 13.6. The van der Waals surface area contributed by atoms with E-state index in [1.165, 1.54) is 7.11 Å². The van der Waals surface area contributed by atoms with E-state index in [1.54, 1.807) is 0 Å². The van der Waals surface area contributed by atoms with Gasteiger partial charge < -0.3 is 20.8 Å². The standard InChI is InChI=1S/C17H23N3O3/c1-10(2)15(17(22)23-3)20-16(21)13(18)8-11-9-19-14-7-5-4-6-12(11)14/h4-7,9-10,13,15,19H,8,18H2,1-3H3,(H,20,21)/t13-,15+/m0/s1. The van der Waals surface area contributed by atoms with Gasteiger partial charge in [0.1, 0.15) is 6.04 Å². The number of rotatable bonds is 6. The Labute approximate surface area is 135 Å². The number of benzene rings is 1. The molecule has 0 aliphatic rings. The minimum Gasteiger partial charge on any atom is -0.467 e. The Hall–Kier alpha value is -2.34. The van der Waals surface area contributed by atoms with Crippen LogP contribution >= 0.6 is 0 Å². The van der Waals surface area contributed by atoms with E-state index in [-0.39, 0.29) is 11.8 Å². The highest BCUT2D eigenvalue weighted by Crippen LogP contribution is 2.18. The van der Waals surface area contributed by atoms with Crippen LogP contribution in [0, 0.1) is 5.92 Å². The van der Waals surface area contributed by atoms with Crippen LogP contribution in [0.5, 0.6) is 0 Å². The average molecular weight is 317 g/mol. The van der Waals surface area contributed by atoms with Crippen LogP contribution in [0.25, 0.3) is 10.9 Å². The second-order valence-electron chi connectivity index (χ2n) is 5.92. The fourth-order valence-corrected chi connectivity index (χ4v) is 2.52. The molecule has 0 fully saturated rings. The van der Waals surface area contributed by atoms with Gasteiger partial charge in [0.15, 0.2) is 0 Å². The molecule has 0 aliphatic carbocycles. The molecular formula is C17H23N3O3. The summed E-state index contributed by atoms with van der Waals surface area (Å²) in [5.41, 5.74) is 7.99. The number of para-hydroxylation sites is 1. The number of amides is 1. The number of carbonyl (C=O) groups is 2. The molecule has 2 aromatic rings. The zero-order valence-electron chi connectivity index (χ0n) is 13.6. The zero-order chi connectivity index (χ0) is 17.0. The number of nitrogens with two attached hydrogens (primary N) is 1. The molecule has 0 bridgehead atoms. The molecule has 0 spiro atoms. The molecule has 4 N–H and O–H groups in total. The number of methoxy groups -OCH3 is 1. The lowest BCUT2D eigenvalue weighted by Crippen LogP contribution is -2.51. The van der Waals surface area contributed by atoms with Gasteiger partial charge in [-0.05, 0) is 24.0 Å². The lowest BCUT2D eigenvalue weighted by molar-refractivity contribution is -0.146. The molecule has 1 amide bonds. The van der Waals surface area contributed by atoms with Crippen LogP contribution in [-0.4, -0.2) is 36.1 Å². The molecule has 6 nitrogen and oxygen atoms in total. The van der Waals surface area contributed by atoms with E-state index in [2.05, 4.69) is 10.3 Å². The number of carbonyl (C=O) groups excluding carboxylic acids is 2. The maximum Gasteiger partial charge on any atom is 0.328 e. The first-order chi connectivity index (χ1) is 10.9. The SMILES string of the molecule is COC(=O)[C@H](NC(=O)[C@@H](N)Cc1c[nH]c2ccccc12)C(C)C. The number of nitrogens with one attached hydrogen (secondary N) is 2. The molecule has 0 saturated heterocycles. The number of hydrogen-bond acceptors (Lipinski definition) is 4. The largest absolute Gasteiger partial charge is 0.467 e. The van der Waals surface area contributed by atoms with Gasteiger partial charge in [-0.1, -0.05) is 32.0 Å². The lowest BCUT2D eigenvalue weighted by atomic mass is 10.0. The Morgan fingerprint density at radius 1 is 1.30 bits per heavy atom. The Bertz CT molecular complexity index is 693. The summed E-state index contributed by atoms with van der Waals surface area (Å²) in [7, 11) is 1.30. The first-order valence-corrected chi connectivity index (χ1v) is 7.62. The summed E-state index contributed by atoms with van der Waals surface area (Å²) in [6.45, 7) is 3.68. The van der Waals surface area contributed by atoms with E-state index >= 15 is 0 Å². The van der Waals surface area contributed by atoms with E-state index < -0.39 is 18.1 Å². The summed E-state index contributed by atoms with van der Waals surface area (Å²) >= 11 is 0. The number of esters is 1. The molecule has 0 radical (unpaired) electrons. The van der Waals surface area contributed by atoms with E-state index in [9.17, 15) is 9.59 Å². The van der Waals surface area contributed by atoms with Crippen molar-refractivity contribution in [1.29, 1.82) is 0 Å². The third kappa shape index (κ3) is 3.90. The Morgan fingerprint density at radius 2 is 2.00 bits per heavy atom. The van der Waals surface area contributed by atoms with E-state index in [4.69, 9.17) is 10.5 Å². The van der Waals surface area contributed by atoms with Gasteiger partial charge in [-0.3, -0.25) is 4.79 Å². The molecule has 0 aliphatic heterocycles. The molecule has 0 saturated carbocycles. The predicted molar refractivity (Wildman–Crippen MR) is 88.8 cm³/mol. The molecular weight excluding hydrogens is 294 g/mol. The minimum atomic E-state index is -0.736. The van der Waals surface area contributed by atoms with Gasteiger partial charge in [0.2, 0.25) is 5.91 Å². The molecule has 1 aromatic carbocycles. The average Bonchev–Trinajstić information content (AvgIpc) is 2.94. The first-order valence-electron chi connectivity index (χ1n) is 7.62. The van der Waals surface area contributed by atoms with Crippen molar-refractivity contribution < 1.29 is 14.3 Å². The summed E-state index contributed by atoms with van der Waals surface area (Å²) in [6.07, 6.45) is 2.25. The molecule has 6 heteroatoms. The van der Waals surface area contributed by atoms with Crippen molar-refractivity contribution in [2.24, 2.45) is 11.7 Å². The van der Waals surface area contributed by atoms with Gasteiger partial charge in [0.05, 0.1) is 13.2 Å². The van der Waals surface area contributed by atoms with E-state index in [0.29, 0.717) is 6.42 Å². The number of aromatic nitrogens is 1. The molecule has 1 aromatic heterocycles. The molecule has 2 atom stereocenters. The summed E-state index contributed by atoms with van der Waals surface area (Å²) in [5.74, 6) is -0.904. The van der Waals surface area contributed by atoms with E-state index in [0.717, 1.165) is 16.5 Å². The van der Waals surface area contributed by atoms with Crippen LogP contribution in [0.15, 0.2) is 30.5 Å². The number of H-pyrrole nitrogens is 1. The van der Waals surface area contributed by atoms with Crippen LogP contribution in [0.3, 0.4) is 0 Å². The summed E-state index contributed by atoms with van der Waals surface area (Å²) < 4.78 is 4.72. The van der Waals surface area contributed by atoms with Crippen molar-refractivity contribution in [3.63, 3.8) is 0 Å². The topological polar surface area (TPSA) is 97.2 Å². The highest BCUT2D eigenvalue weighted by atomic mass is 16.5. The number of hydrogen-bond donors (Lipinski definition) is 3. The maximum atomic E-state index is 12.3.